The Kier molecular flexibility index (Phi) is 14.2. The molecule has 4 aliphatic heterocycles. The first kappa shape index (κ1) is 45.8. The monoisotopic (exact) mass is 929 g/mol. The van der Waals surface area contributed by atoms with Gasteiger partial charge in [0.2, 0.25) is 23.7 Å². The van der Waals surface area contributed by atoms with E-state index in [0.717, 1.165) is 50.3 Å². The molecular weight excluding hydrogens is 877 g/mol. The van der Waals surface area contributed by atoms with E-state index < -0.39 is 19.5 Å². The number of piperazine rings is 1. The molecule has 3 aromatic carbocycles. The summed E-state index contributed by atoms with van der Waals surface area (Å²) in [6.45, 7) is 5.47. The maximum absolute atomic E-state index is 13.2. The molecule has 3 N–H and O–H groups in total. The third-order valence-electron chi connectivity index (χ3n) is 12.4. The number of aromatic nitrogens is 2. The van der Waals surface area contributed by atoms with Crippen LogP contribution >= 0.6 is 19.2 Å². The number of amides is 4. The number of ether oxygens (including phenoxy) is 2. The standard InChI is InChI=1S/C45H53ClN9O9P/c1-61-38-26-31(10-13-35(38)49-45-47-27-34(46)42(51-45)48-36-7-4-5-8-39(36)65(60,62-2)63-3)52-18-16-30(17-19-52)53-20-22-54(23-21-53)41(57)9-6-24-64-32-11-12-33-29(25-32)28-55(44(33)59)37-14-15-40(56)50-43(37)58/h4-5,7-8,10-13,25-27,30,37H,6,9,14-24,28H2,1-3H3,(H,50,56,58)(H2,47,48,49,51). The molecule has 4 aliphatic rings. The zero-order valence-electron chi connectivity index (χ0n) is 36.6. The molecule has 1 atom stereocenters. The van der Waals surface area contributed by atoms with Gasteiger partial charge in [-0.1, -0.05) is 23.7 Å². The van der Waals surface area contributed by atoms with Crippen LogP contribution in [0.15, 0.2) is 66.9 Å². The van der Waals surface area contributed by atoms with Crippen LogP contribution in [0.5, 0.6) is 11.5 Å². The number of anilines is 5. The largest absolute Gasteiger partial charge is 0.494 e. The van der Waals surface area contributed by atoms with E-state index in [-0.39, 0.29) is 41.7 Å². The van der Waals surface area contributed by atoms with Crippen LogP contribution in [0.25, 0.3) is 0 Å². The van der Waals surface area contributed by atoms with Crippen LogP contribution < -0.4 is 35.6 Å². The molecule has 0 saturated carbocycles. The molecule has 4 aromatic rings. The van der Waals surface area contributed by atoms with E-state index in [1.807, 2.05) is 29.2 Å². The van der Waals surface area contributed by atoms with Crippen LogP contribution in [0.4, 0.5) is 28.8 Å². The second kappa shape index (κ2) is 20.2. The number of methoxy groups -OCH3 is 1. The minimum atomic E-state index is -3.57. The van der Waals surface area contributed by atoms with Crippen molar-refractivity contribution in [2.24, 2.45) is 0 Å². The van der Waals surface area contributed by atoms with Crippen molar-refractivity contribution >= 4 is 77.0 Å². The lowest BCUT2D eigenvalue weighted by atomic mass is 10.0. The number of nitrogens with one attached hydrogen (secondary N) is 3. The summed E-state index contributed by atoms with van der Waals surface area (Å²) in [6.07, 6.45) is 4.95. The summed E-state index contributed by atoms with van der Waals surface area (Å²) in [5, 5.41) is 9.30. The van der Waals surface area contributed by atoms with Gasteiger partial charge in [-0.3, -0.25) is 34.0 Å². The van der Waals surface area contributed by atoms with E-state index in [1.165, 1.54) is 25.3 Å². The minimum Gasteiger partial charge on any atom is -0.494 e. The molecule has 0 radical (unpaired) electrons. The van der Waals surface area contributed by atoms with Crippen molar-refractivity contribution in [3.8, 4) is 11.5 Å². The van der Waals surface area contributed by atoms with Crippen molar-refractivity contribution < 1.29 is 42.3 Å². The van der Waals surface area contributed by atoms with Crippen molar-refractivity contribution in [2.75, 3.05) is 82.7 Å². The Morgan fingerprint density at radius 3 is 2.42 bits per heavy atom. The molecule has 18 nitrogen and oxygen atoms in total. The predicted molar refractivity (Wildman–Crippen MR) is 245 cm³/mol. The van der Waals surface area contributed by atoms with E-state index in [4.69, 9.17) is 30.1 Å². The number of piperidine rings is 2. The number of rotatable bonds is 16. The highest BCUT2D eigenvalue weighted by Crippen LogP contribution is 2.47. The van der Waals surface area contributed by atoms with Crippen molar-refractivity contribution in [2.45, 2.75) is 57.2 Å². The SMILES string of the molecule is COc1cc(N2CCC(N3CCN(C(=O)CCCOc4ccc5c(c4)CN(C4CCC(=O)NC4=O)C5=O)CC3)CC2)ccc1Nc1ncc(Cl)c(Nc2ccccc2P(=O)(OC)OC)n1. The zero-order chi connectivity index (χ0) is 45.7. The van der Waals surface area contributed by atoms with E-state index in [2.05, 4.69) is 35.7 Å². The summed E-state index contributed by atoms with van der Waals surface area (Å²) in [5.41, 5.74) is 3.49. The van der Waals surface area contributed by atoms with Gasteiger partial charge in [0.25, 0.3) is 5.91 Å². The molecule has 65 heavy (non-hydrogen) atoms. The third kappa shape index (κ3) is 10.2. The minimum absolute atomic E-state index is 0.123. The molecule has 3 saturated heterocycles. The summed E-state index contributed by atoms with van der Waals surface area (Å²) in [5.74, 6) is 0.943. The molecule has 0 spiro atoms. The van der Waals surface area contributed by atoms with Gasteiger partial charge in [0, 0.05) is 96.2 Å². The summed E-state index contributed by atoms with van der Waals surface area (Å²) >= 11 is 6.48. The van der Waals surface area contributed by atoms with Crippen LogP contribution in [0.2, 0.25) is 5.02 Å². The summed E-state index contributed by atoms with van der Waals surface area (Å²) in [7, 11) is 0.699. The number of imide groups is 1. The van der Waals surface area contributed by atoms with Gasteiger partial charge in [-0.05, 0) is 73.7 Å². The van der Waals surface area contributed by atoms with Crippen LogP contribution in [0.3, 0.4) is 0 Å². The Balaban J connectivity index is 0.770. The highest BCUT2D eigenvalue weighted by molar-refractivity contribution is 7.62. The Bertz CT molecular complexity index is 2470. The number of hydrogen-bond acceptors (Lipinski definition) is 15. The van der Waals surface area contributed by atoms with Crippen LogP contribution in [-0.2, 0) is 34.5 Å². The first-order chi connectivity index (χ1) is 31.5. The first-order valence-corrected chi connectivity index (χ1v) is 23.6. The smallest absolute Gasteiger partial charge is 0.362 e. The number of halogens is 1. The average molecular weight is 930 g/mol. The molecule has 4 amide bonds. The maximum atomic E-state index is 13.2. The van der Waals surface area contributed by atoms with Crippen LogP contribution in [0, 0.1) is 0 Å². The Morgan fingerprint density at radius 2 is 1.68 bits per heavy atom. The second-order valence-corrected chi connectivity index (χ2v) is 18.8. The number of para-hydroxylation sites is 1. The van der Waals surface area contributed by atoms with Gasteiger partial charge in [-0.15, -0.1) is 0 Å². The number of hydrogen-bond donors (Lipinski definition) is 3. The van der Waals surface area contributed by atoms with Crippen molar-refractivity contribution in [1.82, 2.24) is 30.0 Å². The Hall–Kier alpha value is -5.78. The maximum Gasteiger partial charge on any atom is 0.362 e. The van der Waals surface area contributed by atoms with Gasteiger partial charge in [0.15, 0.2) is 5.82 Å². The molecular formula is C45H53ClN9O9P. The fourth-order valence-electron chi connectivity index (χ4n) is 8.87. The lowest BCUT2D eigenvalue weighted by Gasteiger charge is -2.43. The molecule has 0 bridgehead atoms. The van der Waals surface area contributed by atoms with E-state index in [9.17, 15) is 23.7 Å². The Morgan fingerprint density at radius 1 is 0.908 bits per heavy atom. The van der Waals surface area contributed by atoms with Gasteiger partial charge in [-0.2, -0.15) is 4.98 Å². The predicted octanol–water partition coefficient (Wildman–Crippen LogP) is 5.47. The summed E-state index contributed by atoms with van der Waals surface area (Å²) < 4.78 is 35.4. The fourth-order valence-corrected chi connectivity index (χ4v) is 10.2. The zero-order valence-corrected chi connectivity index (χ0v) is 38.2. The van der Waals surface area contributed by atoms with Gasteiger partial charge < -0.3 is 43.9 Å². The normalized spacial score (nSPS) is 18.4. The number of carbonyl (C=O) groups excluding carboxylic acids is 4. The number of benzene rings is 3. The van der Waals surface area contributed by atoms with E-state index in [1.54, 1.807) is 43.5 Å². The topological polar surface area (TPSA) is 197 Å². The van der Waals surface area contributed by atoms with E-state index in [0.29, 0.717) is 84.6 Å². The Labute approximate surface area is 382 Å². The van der Waals surface area contributed by atoms with Crippen LogP contribution in [0.1, 0.15) is 54.4 Å². The van der Waals surface area contributed by atoms with Gasteiger partial charge in [-0.25, -0.2) is 4.98 Å². The molecule has 344 valence electrons. The van der Waals surface area contributed by atoms with Gasteiger partial charge in [0.1, 0.15) is 22.6 Å². The lowest BCUT2D eigenvalue weighted by Crippen LogP contribution is -2.54. The number of carbonyl (C=O) groups is 4. The van der Waals surface area contributed by atoms with Gasteiger partial charge in [0.05, 0.1) is 36.6 Å². The lowest BCUT2D eigenvalue weighted by molar-refractivity contribution is -0.137. The van der Waals surface area contributed by atoms with E-state index >= 15 is 0 Å². The first-order valence-electron chi connectivity index (χ1n) is 21.7. The second-order valence-electron chi connectivity index (χ2n) is 16.2. The quantitative estimate of drug-likeness (QED) is 0.0726. The molecule has 3 fully saturated rings. The van der Waals surface area contributed by atoms with Crippen molar-refractivity contribution in [3.63, 3.8) is 0 Å². The molecule has 20 heteroatoms. The highest BCUT2D eigenvalue weighted by Gasteiger charge is 2.39. The molecule has 1 unspecified atom stereocenters. The van der Waals surface area contributed by atoms with Gasteiger partial charge >= 0.3 is 7.60 Å². The third-order valence-corrected chi connectivity index (χ3v) is 14.6. The summed E-state index contributed by atoms with van der Waals surface area (Å²) in [6, 6.07) is 17.9. The summed E-state index contributed by atoms with van der Waals surface area (Å²) in [4.78, 5) is 67.4. The molecule has 1 aromatic heterocycles. The fraction of sp³-hybridized carbons (Fsp3) is 0.422. The highest BCUT2D eigenvalue weighted by atomic mass is 35.5. The number of fused-ring (bicyclic) bond motifs is 1. The molecule has 8 rings (SSSR count). The van der Waals surface area contributed by atoms with Crippen molar-refractivity contribution in [1.29, 1.82) is 0 Å². The van der Waals surface area contributed by atoms with Crippen LogP contribution in [-0.4, -0.2) is 128 Å². The number of nitrogens with zero attached hydrogens (tertiary/aromatic N) is 6. The molecule has 0 aliphatic carbocycles. The van der Waals surface area contributed by atoms with Crippen molar-refractivity contribution in [3.05, 3.63) is 83.0 Å². The average Bonchev–Trinajstić information content (AvgIpc) is 3.65. The molecule has 5 heterocycles.